The van der Waals surface area contributed by atoms with E-state index < -0.39 is 0 Å². The number of amides is 1. The van der Waals surface area contributed by atoms with E-state index in [2.05, 4.69) is 61.4 Å². The highest BCUT2D eigenvalue weighted by Crippen LogP contribution is 2.31. The summed E-state index contributed by atoms with van der Waals surface area (Å²) in [4.78, 5) is 17.3. The molecule has 1 amide bonds. The van der Waals surface area contributed by atoms with Crippen molar-refractivity contribution >= 4 is 5.91 Å². The van der Waals surface area contributed by atoms with Gasteiger partial charge in [-0.25, -0.2) is 0 Å². The van der Waals surface area contributed by atoms with Crippen molar-refractivity contribution in [3.63, 3.8) is 0 Å². The molecule has 2 fully saturated rings. The van der Waals surface area contributed by atoms with E-state index in [0.717, 1.165) is 57.6 Å². The first kappa shape index (κ1) is 23.8. The lowest BCUT2D eigenvalue weighted by molar-refractivity contribution is -0.147. The van der Waals surface area contributed by atoms with Gasteiger partial charge in [-0.3, -0.25) is 14.4 Å². The molecule has 0 N–H and O–H groups in total. The number of ether oxygens (including phenoxy) is 2. The second kappa shape index (κ2) is 10.3. The Morgan fingerprint density at radius 2 is 1.85 bits per heavy atom. The highest BCUT2D eigenvalue weighted by Gasteiger charge is 2.36. The predicted molar refractivity (Wildman–Crippen MR) is 128 cm³/mol. The van der Waals surface area contributed by atoms with Crippen LogP contribution in [0.3, 0.4) is 0 Å². The fourth-order valence-electron chi connectivity index (χ4n) is 4.99. The second-order valence-electron chi connectivity index (χ2n) is 10.3. The molecule has 33 heavy (non-hydrogen) atoms. The third-order valence-electron chi connectivity index (χ3n) is 6.69. The number of piperidine rings is 1. The molecule has 4 rings (SSSR count). The maximum absolute atomic E-state index is 13.0. The van der Waals surface area contributed by atoms with Crippen LogP contribution < -0.4 is 4.74 Å². The van der Waals surface area contributed by atoms with Crippen molar-refractivity contribution in [1.29, 1.82) is 0 Å². The van der Waals surface area contributed by atoms with Gasteiger partial charge in [0.25, 0.3) is 0 Å². The van der Waals surface area contributed by atoms with Gasteiger partial charge in [-0.2, -0.15) is 5.10 Å². The first-order chi connectivity index (χ1) is 15.8. The number of likely N-dealkylation sites (tertiary alicyclic amines) is 1. The molecule has 180 valence electrons. The van der Waals surface area contributed by atoms with Gasteiger partial charge in [0, 0.05) is 70.4 Å². The Morgan fingerprint density at radius 1 is 1.15 bits per heavy atom. The molecule has 2 saturated heterocycles. The van der Waals surface area contributed by atoms with Crippen molar-refractivity contribution < 1.29 is 14.3 Å². The summed E-state index contributed by atoms with van der Waals surface area (Å²) in [6.07, 6.45) is 7.54. The van der Waals surface area contributed by atoms with Crippen LogP contribution >= 0.6 is 0 Å². The Hall–Kier alpha value is -2.38. The van der Waals surface area contributed by atoms with Crippen LogP contribution in [0.5, 0.6) is 5.75 Å². The number of nitrogens with zero attached hydrogens (tertiary/aromatic N) is 4. The molecule has 1 aromatic carbocycles. The number of benzene rings is 1. The summed E-state index contributed by atoms with van der Waals surface area (Å²) < 4.78 is 13.8. The largest absolute Gasteiger partial charge is 0.490 e. The Bertz CT molecular complexity index is 916. The van der Waals surface area contributed by atoms with Crippen LogP contribution in [0, 0.1) is 5.92 Å². The molecule has 1 aromatic heterocycles. The number of carbonyl (C=O) groups is 1. The van der Waals surface area contributed by atoms with Crippen molar-refractivity contribution in [2.75, 3.05) is 26.7 Å². The standard InChI is InChI=1S/C26H38N4O3/c1-26(2)15-22(11-14-32-26)25(31)30-12-9-24(10-13-30)33-23-7-5-20(6-8-23)17-28(3)18-21-16-27-29(4)19-21/h5-8,16,19,22,24H,9-15,17-18H2,1-4H3/t22-/m1/s1. The summed E-state index contributed by atoms with van der Waals surface area (Å²) in [7, 11) is 4.06. The highest BCUT2D eigenvalue weighted by atomic mass is 16.5. The zero-order chi connectivity index (χ0) is 23.4. The monoisotopic (exact) mass is 454 g/mol. The summed E-state index contributed by atoms with van der Waals surface area (Å²) in [6, 6.07) is 8.41. The number of aromatic nitrogens is 2. The number of aryl methyl sites for hydroxylation is 1. The Balaban J connectivity index is 1.21. The molecule has 1 atom stereocenters. The van der Waals surface area contributed by atoms with E-state index in [1.165, 1.54) is 11.1 Å². The molecule has 7 nitrogen and oxygen atoms in total. The Kier molecular flexibility index (Phi) is 7.39. The minimum absolute atomic E-state index is 0.0926. The summed E-state index contributed by atoms with van der Waals surface area (Å²) in [5, 5.41) is 4.23. The van der Waals surface area contributed by atoms with Gasteiger partial charge in [-0.05, 0) is 51.4 Å². The average molecular weight is 455 g/mol. The maximum atomic E-state index is 13.0. The van der Waals surface area contributed by atoms with E-state index in [0.29, 0.717) is 12.5 Å². The SMILES string of the molecule is CN(Cc1ccc(OC2CCN(C(=O)[C@@H]3CCOC(C)(C)C3)CC2)cc1)Cc1cnn(C)c1. The van der Waals surface area contributed by atoms with Gasteiger partial charge in [0.1, 0.15) is 11.9 Å². The third-order valence-corrected chi connectivity index (χ3v) is 6.69. The van der Waals surface area contributed by atoms with Gasteiger partial charge >= 0.3 is 0 Å². The van der Waals surface area contributed by atoms with Gasteiger partial charge in [0.05, 0.1) is 11.8 Å². The van der Waals surface area contributed by atoms with Crippen molar-refractivity contribution in [3.8, 4) is 5.75 Å². The summed E-state index contributed by atoms with van der Waals surface area (Å²) in [6.45, 7) is 8.13. The molecule has 2 aromatic rings. The van der Waals surface area contributed by atoms with Gasteiger partial charge in [-0.1, -0.05) is 12.1 Å². The van der Waals surface area contributed by atoms with E-state index in [-0.39, 0.29) is 17.6 Å². The van der Waals surface area contributed by atoms with Gasteiger partial charge in [-0.15, -0.1) is 0 Å². The molecule has 0 bridgehead atoms. The minimum atomic E-state index is -0.195. The van der Waals surface area contributed by atoms with Crippen molar-refractivity contribution in [1.82, 2.24) is 19.6 Å². The van der Waals surface area contributed by atoms with Crippen LogP contribution in [0.25, 0.3) is 0 Å². The molecule has 7 heteroatoms. The minimum Gasteiger partial charge on any atom is -0.490 e. The molecule has 0 spiro atoms. The number of hydrogen-bond donors (Lipinski definition) is 0. The lowest BCUT2D eigenvalue weighted by atomic mass is 9.87. The normalized spacial score (nSPS) is 21.4. The summed E-state index contributed by atoms with van der Waals surface area (Å²) >= 11 is 0. The Morgan fingerprint density at radius 3 is 2.48 bits per heavy atom. The van der Waals surface area contributed by atoms with Crippen LogP contribution in [0.4, 0.5) is 0 Å². The highest BCUT2D eigenvalue weighted by molar-refractivity contribution is 5.79. The van der Waals surface area contributed by atoms with E-state index in [9.17, 15) is 4.79 Å². The molecule has 2 aliphatic rings. The van der Waals surface area contributed by atoms with Crippen LogP contribution in [-0.2, 0) is 29.7 Å². The molecule has 3 heterocycles. The topological polar surface area (TPSA) is 59.8 Å². The fourth-order valence-corrected chi connectivity index (χ4v) is 4.99. The van der Waals surface area contributed by atoms with E-state index in [1.54, 1.807) is 0 Å². The Labute approximate surface area is 197 Å². The predicted octanol–water partition coefficient (Wildman–Crippen LogP) is 3.63. The quantitative estimate of drug-likeness (QED) is 0.640. The number of rotatable bonds is 7. The third kappa shape index (κ3) is 6.58. The maximum Gasteiger partial charge on any atom is 0.225 e. The summed E-state index contributed by atoms with van der Waals surface area (Å²) in [5.41, 5.74) is 2.28. The summed E-state index contributed by atoms with van der Waals surface area (Å²) in [5.74, 6) is 1.30. The lowest BCUT2D eigenvalue weighted by Crippen LogP contribution is -2.47. The average Bonchev–Trinajstić information content (AvgIpc) is 3.18. The van der Waals surface area contributed by atoms with E-state index in [4.69, 9.17) is 9.47 Å². The first-order valence-electron chi connectivity index (χ1n) is 12.1. The van der Waals surface area contributed by atoms with Crippen molar-refractivity contribution in [3.05, 3.63) is 47.8 Å². The molecular weight excluding hydrogens is 416 g/mol. The van der Waals surface area contributed by atoms with Crippen molar-refractivity contribution in [2.24, 2.45) is 13.0 Å². The van der Waals surface area contributed by atoms with Crippen LogP contribution in [0.2, 0.25) is 0 Å². The van der Waals surface area contributed by atoms with Gasteiger partial charge in [0.2, 0.25) is 5.91 Å². The zero-order valence-electron chi connectivity index (χ0n) is 20.5. The molecule has 0 radical (unpaired) electrons. The molecule has 0 saturated carbocycles. The molecular formula is C26H38N4O3. The van der Waals surface area contributed by atoms with Gasteiger partial charge < -0.3 is 14.4 Å². The van der Waals surface area contributed by atoms with Crippen molar-refractivity contribution in [2.45, 2.75) is 64.3 Å². The smallest absolute Gasteiger partial charge is 0.225 e. The first-order valence-corrected chi connectivity index (χ1v) is 12.1. The molecule has 0 unspecified atom stereocenters. The fraction of sp³-hybridized carbons (Fsp3) is 0.615. The molecule has 0 aliphatic carbocycles. The molecule has 2 aliphatic heterocycles. The van der Waals surface area contributed by atoms with E-state index in [1.807, 2.05) is 22.8 Å². The lowest BCUT2D eigenvalue weighted by Gasteiger charge is -2.39. The number of carbonyl (C=O) groups excluding carboxylic acids is 1. The van der Waals surface area contributed by atoms with Crippen LogP contribution in [0.1, 0.15) is 50.7 Å². The zero-order valence-corrected chi connectivity index (χ0v) is 20.5. The van der Waals surface area contributed by atoms with E-state index >= 15 is 0 Å². The van der Waals surface area contributed by atoms with Crippen LogP contribution in [-0.4, -0.2) is 63.9 Å². The second-order valence-corrected chi connectivity index (χ2v) is 10.3. The van der Waals surface area contributed by atoms with Gasteiger partial charge in [0.15, 0.2) is 0 Å². The van der Waals surface area contributed by atoms with Crippen LogP contribution in [0.15, 0.2) is 36.7 Å². The number of hydrogen-bond acceptors (Lipinski definition) is 5.